The number of amides is 2. The Labute approximate surface area is 136 Å². The van der Waals surface area contributed by atoms with Crippen molar-refractivity contribution in [2.75, 3.05) is 24.6 Å². The summed E-state index contributed by atoms with van der Waals surface area (Å²) in [7, 11) is 0. The number of carbonyl (C=O) groups is 2. The van der Waals surface area contributed by atoms with Gasteiger partial charge in [0.25, 0.3) is 5.91 Å². The fraction of sp³-hybridized carbons (Fsp3) is 0.467. The molecule has 1 atom stereocenters. The molecule has 0 aromatic heterocycles. The van der Waals surface area contributed by atoms with Gasteiger partial charge < -0.3 is 20.7 Å². The Morgan fingerprint density at radius 3 is 2.91 bits per heavy atom. The van der Waals surface area contributed by atoms with E-state index in [0.717, 1.165) is 12.1 Å². The zero-order chi connectivity index (χ0) is 15.2. The van der Waals surface area contributed by atoms with Crippen LogP contribution < -0.4 is 20.7 Å². The number of benzene rings is 1. The molecule has 3 N–H and O–H groups in total. The lowest BCUT2D eigenvalue weighted by Gasteiger charge is -2.29. The van der Waals surface area contributed by atoms with Gasteiger partial charge in [-0.2, -0.15) is 0 Å². The van der Waals surface area contributed by atoms with E-state index in [4.69, 9.17) is 10.5 Å². The van der Waals surface area contributed by atoms with Gasteiger partial charge >= 0.3 is 0 Å². The Hall–Kier alpha value is -1.79. The Morgan fingerprint density at radius 1 is 1.45 bits per heavy atom. The number of fused-ring (bicyclic) bond motifs is 1. The summed E-state index contributed by atoms with van der Waals surface area (Å²) in [6, 6.07) is 7.40. The molecule has 0 bridgehead atoms. The van der Waals surface area contributed by atoms with E-state index in [1.54, 1.807) is 4.90 Å². The number of nitrogens with one attached hydrogen (secondary N) is 1. The van der Waals surface area contributed by atoms with Crippen molar-refractivity contribution in [2.45, 2.75) is 25.8 Å². The van der Waals surface area contributed by atoms with Crippen molar-refractivity contribution in [3.63, 3.8) is 0 Å². The fourth-order valence-electron chi connectivity index (χ4n) is 2.14. The second-order valence-electron chi connectivity index (χ2n) is 5.17. The van der Waals surface area contributed by atoms with Crippen LogP contribution in [0.2, 0.25) is 0 Å². The number of nitrogens with zero attached hydrogens (tertiary/aromatic N) is 1. The van der Waals surface area contributed by atoms with Crippen LogP contribution in [0.3, 0.4) is 0 Å². The molecule has 0 radical (unpaired) electrons. The molecule has 0 spiro atoms. The monoisotopic (exact) mass is 327 g/mol. The predicted molar refractivity (Wildman–Crippen MR) is 87.4 cm³/mol. The number of ether oxygens (including phenoxy) is 1. The maximum absolute atomic E-state index is 11.9. The minimum Gasteiger partial charge on any atom is -0.482 e. The van der Waals surface area contributed by atoms with Gasteiger partial charge in [-0.25, -0.2) is 0 Å². The number of carbonyl (C=O) groups excluding carboxylic acids is 2. The highest BCUT2D eigenvalue weighted by Gasteiger charge is 2.25. The standard InChI is InChI=1S/C15H21N3O3.ClH/c1-11(16)6-8-17-14(19)7-9-18-12-4-2-3-5-13(12)21-10-15(18)20;/h2-5,11H,6-10,16H2,1H3,(H,17,19);1H. The number of hydrogen-bond acceptors (Lipinski definition) is 4. The van der Waals surface area contributed by atoms with Gasteiger partial charge in [-0.3, -0.25) is 9.59 Å². The first kappa shape index (κ1) is 18.3. The predicted octanol–water partition coefficient (Wildman–Crippen LogP) is 1.08. The summed E-state index contributed by atoms with van der Waals surface area (Å²) < 4.78 is 5.36. The molecule has 2 amide bonds. The number of nitrogens with two attached hydrogens (primary N) is 1. The molecule has 0 saturated heterocycles. The van der Waals surface area contributed by atoms with Gasteiger partial charge in [0.05, 0.1) is 5.69 Å². The summed E-state index contributed by atoms with van der Waals surface area (Å²) in [4.78, 5) is 25.3. The first-order valence-electron chi connectivity index (χ1n) is 7.12. The first-order valence-corrected chi connectivity index (χ1v) is 7.12. The van der Waals surface area contributed by atoms with Gasteiger partial charge in [0.1, 0.15) is 5.75 Å². The zero-order valence-corrected chi connectivity index (χ0v) is 13.4. The quantitative estimate of drug-likeness (QED) is 0.818. The summed E-state index contributed by atoms with van der Waals surface area (Å²) in [6.45, 7) is 2.83. The fourth-order valence-corrected chi connectivity index (χ4v) is 2.14. The van der Waals surface area contributed by atoms with Crippen molar-refractivity contribution >= 4 is 29.9 Å². The second kappa shape index (κ2) is 8.60. The number of anilines is 1. The summed E-state index contributed by atoms with van der Waals surface area (Å²) in [6.07, 6.45) is 1.00. The van der Waals surface area contributed by atoms with Crippen molar-refractivity contribution in [2.24, 2.45) is 5.73 Å². The van der Waals surface area contributed by atoms with Crippen LogP contribution in [0, 0.1) is 0 Å². The van der Waals surface area contributed by atoms with Gasteiger partial charge in [0.15, 0.2) is 6.61 Å². The van der Waals surface area contributed by atoms with Crippen LogP contribution in [0.5, 0.6) is 5.75 Å². The minimum absolute atomic E-state index is 0. The molecule has 0 aliphatic carbocycles. The normalized spacial score (nSPS) is 14.5. The maximum atomic E-state index is 11.9. The maximum Gasteiger partial charge on any atom is 0.265 e. The van der Waals surface area contributed by atoms with Gasteiger partial charge in [-0.15, -0.1) is 12.4 Å². The first-order chi connectivity index (χ1) is 10.1. The molecule has 22 heavy (non-hydrogen) atoms. The van der Waals surface area contributed by atoms with Crippen LogP contribution in [0.4, 0.5) is 5.69 Å². The number of hydrogen-bond donors (Lipinski definition) is 2. The Bertz CT molecular complexity index is 523. The number of rotatable bonds is 6. The molecule has 6 nitrogen and oxygen atoms in total. The van der Waals surface area contributed by atoms with Crippen LogP contribution in [0.25, 0.3) is 0 Å². The van der Waals surface area contributed by atoms with Gasteiger partial charge in [-0.1, -0.05) is 12.1 Å². The van der Waals surface area contributed by atoms with E-state index in [0.29, 0.717) is 18.8 Å². The second-order valence-corrected chi connectivity index (χ2v) is 5.17. The van der Waals surface area contributed by atoms with Gasteiger partial charge in [-0.05, 0) is 25.5 Å². The molecule has 1 aliphatic heterocycles. The molecule has 122 valence electrons. The van der Waals surface area contributed by atoms with Gasteiger partial charge in [0, 0.05) is 25.6 Å². The molecule has 1 aromatic rings. The van der Waals surface area contributed by atoms with Crippen molar-refractivity contribution < 1.29 is 14.3 Å². The van der Waals surface area contributed by atoms with Crippen LogP contribution in [-0.2, 0) is 9.59 Å². The molecule has 0 saturated carbocycles. The zero-order valence-electron chi connectivity index (χ0n) is 12.6. The van der Waals surface area contributed by atoms with Crippen LogP contribution in [0.15, 0.2) is 24.3 Å². The third-order valence-electron chi connectivity index (χ3n) is 3.29. The Kier molecular flexibility index (Phi) is 7.14. The van der Waals surface area contributed by atoms with Crippen molar-refractivity contribution in [1.82, 2.24) is 5.32 Å². The SMILES string of the molecule is CC(N)CCNC(=O)CCN1C(=O)COc2ccccc21.Cl. The third kappa shape index (κ3) is 4.89. The average molecular weight is 328 g/mol. The van der Waals surface area contributed by atoms with E-state index >= 15 is 0 Å². The molecule has 2 rings (SSSR count). The van der Waals surface area contributed by atoms with E-state index in [2.05, 4.69) is 5.32 Å². The molecule has 1 unspecified atom stereocenters. The Morgan fingerprint density at radius 2 is 2.18 bits per heavy atom. The van der Waals surface area contributed by atoms with Crippen molar-refractivity contribution in [3.05, 3.63) is 24.3 Å². The molecule has 1 heterocycles. The topological polar surface area (TPSA) is 84.7 Å². The number of para-hydroxylation sites is 2. The summed E-state index contributed by atoms with van der Waals surface area (Å²) >= 11 is 0. The Balaban J connectivity index is 0.00000242. The highest BCUT2D eigenvalue weighted by molar-refractivity contribution is 5.98. The molecule has 1 aliphatic rings. The van der Waals surface area contributed by atoms with Crippen LogP contribution >= 0.6 is 12.4 Å². The lowest BCUT2D eigenvalue weighted by molar-refractivity contribution is -0.122. The minimum atomic E-state index is -0.128. The summed E-state index contributed by atoms with van der Waals surface area (Å²) in [5, 5.41) is 2.80. The number of halogens is 1. The highest BCUT2D eigenvalue weighted by atomic mass is 35.5. The van der Waals surface area contributed by atoms with Crippen molar-refractivity contribution in [3.8, 4) is 5.75 Å². The molecular formula is C15H22ClN3O3. The van der Waals surface area contributed by atoms with E-state index < -0.39 is 0 Å². The van der Waals surface area contributed by atoms with Crippen LogP contribution in [-0.4, -0.2) is 37.6 Å². The smallest absolute Gasteiger partial charge is 0.265 e. The molecular weight excluding hydrogens is 306 g/mol. The largest absolute Gasteiger partial charge is 0.482 e. The van der Waals surface area contributed by atoms with E-state index in [1.165, 1.54) is 0 Å². The van der Waals surface area contributed by atoms with Crippen LogP contribution in [0.1, 0.15) is 19.8 Å². The van der Waals surface area contributed by atoms with E-state index in [1.807, 2.05) is 31.2 Å². The third-order valence-corrected chi connectivity index (χ3v) is 3.29. The average Bonchev–Trinajstić information content (AvgIpc) is 2.46. The highest BCUT2D eigenvalue weighted by Crippen LogP contribution is 2.31. The van der Waals surface area contributed by atoms with E-state index in [-0.39, 0.29) is 43.3 Å². The van der Waals surface area contributed by atoms with Gasteiger partial charge in [0.2, 0.25) is 5.91 Å². The lowest BCUT2D eigenvalue weighted by atomic mass is 10.2. The molecule has 1 aromatic carbocycles. The summed E-state index contributed by atoms with van der Waals surface area (Å²) in [5.74, 6) is 0.471. The van der Waals surface area contributed by atoms with E-state index in [9.17, 15) is 9.59 Å². The molecule has 7 heteroatoms. The van der Waals surface area contributed by atoms with Crippen molar-refractivity contribution in [1.29, 1.82) is 0 Å². The summed E-state index contributed by atoms with van der Waals surface area (Å²) in [5.41, 5.74) is 6.34. The molecule has 0 fully saturated rings. The lowest BCUT2D eigenvalue weighted by Crippen LogP contribution is -2.41.